The summed E-state index contributed by atoms with van der Waals surface area (Å²) < 4.78 is 27.9. The monoisotopic (exact) mass is 295 g/mol. The number of benzene rings is 2. The van der Waals surface area contributed by atoms with Crippen molar-refractivity contribution in [3.05, 3.63) is 69.7 Å². The van der Waals surface area contributed by atoms with Crippen LogP contribution in [0.2, 0.25) is 5.02 Å². The molecule has 2 aromatic rings. The molecular formula is C16H16ClF2N. The third-order valence-corrected chi connectivity index (χ3v) is 3.56. The van der Waals surface area contributed by atoms with Crippen molar-refractivity contribution in [3.8, 4) is 0 Å². The first-order chi connectivity index (χ1) is 9.54. The molecule has 0 aromatic heterocycles. The second-order valence-electron chi connectivity index (χ2n) is 4.64. The maximum absolute atomic E-state index is 14.2. The number of hydrogen-bond acceptors (Lipinski definition) is 1. The third kappa shape index (κ3) is 3.00. The largest absolute Gasteiger partial charge is 0.306 e. The van der Waals surface area contributed by atoms with Gasteiger partial charge >= 0.3 is 0 Å². The standard InChI is InChI=1S/C16H16ClF2N/c1-3-20-16(11-6-4-5-7-13(11)17)12-9-14(18)10(2)8-15(12)19/h4-9,16,20H,3H2,1-2H3. The van der Waals surface area contributed by atoms with Gasteiger partial charge in [0.25, 0.3) is 0 Å². The molecule has 0 fully saturated rings. The molecule has 0 radical (unpaired) electrons. The Kier molecular flexibility index (Phi) is 4.73. The minimum absolute atomic E-state index is 0.267. The summed E-state index contributed by atoms with van der Waals surface area (Å²) in [5.74, 6) is -0.855. The highest BCUT2D eigenvalue weighted by Crippen LogP contribution is 2.30. The molecule has 0 aliphatic carbocycles. The van der Waals surface area contributed by atoms with E-state index in [0.717, 1.165) is 5.56 Å². The van der Waals surface area contributed by atoms with Crippen LogP contribution in [-0.2, 0) is 0 Å². The number of nitrogens with one attached hydrogen (secondary N) is 1. The normalized spacial score (nSPS) is 12.4. The lowest BCUT2D eigenvalue weighted by atomic mass is 9.96. The van der Waals surface area contributed by atoms with Crippen molar-refractivity contribution < 1.29 is 8.78 Å². The molecule has 0 heterocycles. The van der Waals surface area contributed by atoms with Gasteiger partial charge in [0, 0.05) is 10.6 Å². The molecule has 20 heavy (non-hydrogen) atoms. The van der Waals surface area contributed by atoms with Gasteiger partial charge in [0.15, 0.2) is 0 Å². The zero-order valence-corrected chi connectivity index (χ0v) is 12.1. The maximum Gasteiger partial charge on any atom is 0.128 e. The van der Waals surface area contributed by atoms with Crippen LogP contribution < -0.4 is 5.32 Å². The van der Waals surface area contributed by atoms with E-state index in [1.54, 1.807) is 19.1 Å². The Morgan fingerprint density at radius 1 is 1.10 bits per heavy atom. The first kappa shape index (κ1) is 14.9. The molecule has 1 atom stereocenters. The third-order valence-electron chi connectivity index (χ3n) is 3.21. The predicted octanol–water partition coefficient (Wildman–Crippen LogP) is 4.63. The lowest BCUT2D eigenvalue weighted by Gasteiger charge is -2.21. The summed E-state index contributed by atoms with van der Waals surface area (Å²) in [5, 5.41) is 3.68. The van der Waals surface area contributed by atoms with Crippen molar-refractivity contribution >= 4 is 11.6 Å². The Morgan fingerprint density at radius 2 is 1.80 bits per heavy atom. The topological polar surface area (TPSA) is 12.0 Å². The van der Waals surface area contributed by atoms with E-state index in [2.05, 4.69) is 5.32 Å². The Morgan fingerprint density at radius 3 is 2.45 bits per heavy atom. The highest BCUT2D eigenvalue weighted by atomic mass is 35.5. The van der Waals surface area contributed by atoms with Crippen molar-refractivity contribution in [2.75, 3.05) is 6.54 Å². The van der Waals surface area contributed by atoms with Crippen molar-refractivity contribution in [2.24, 2.45) is 0 Å². The first-order valence-corrected chi connectivity index (χ1v) is 6.85. The number of halogens is 3. The summed E-state index contributed by atoms with van der Waals surface area (Å²) in [5.41, 5.74) is 1.29. The first-order valence-electron chi connectivity index (χ1n) is 6.48. The minimum Gasteiger partial charge on any atom is -0.306 e. The summed E-state index contributed by atoms with van der Waals surface area (Å²) in [6.45, 7) is 4.07. The summed E-state index contributed by atoms with van der Waals surface area (Å²) >= 11 is 6.17. The average Bonchev–Trinajstić information content (AvgIpc) is 2.42. The smallest absolute Gasteiger partial charge is 0.128 e. The van der Waals surface area contributed by atoms with Gasteiger partial charge < -0.3 is 5.32 Å². The van der Waals surface area contributed by atoms with E-state index in [9.17, 15) is 8.78 Å². The second-order valence-corrected chi connectivity index (χ2v) is 5.04. The molecule has 1 unspecified atom stereocenters. The van der Waals surface area contributed by atoms with E-state index in [0.29, 0.717) is 17.1 Å². The summed E-state index contributed by atoms with van der Waals surface area (Å²) in [6, 6.07) is 9.17. The molecule has 0 aliphatic heterocycles. The minimum atomic E-state index is -0.469. The number of hydrogen-bond donors (Lipinski definition) is 1. The van der Waals surface area contributed by atoms with Crippen molar-refractivity contribution in [2.45, 2.75) is 19.9 Å². The zero-order chi connectivity index (χ0) is 14.7. The van der Waals surface area contributed by atoms with Crippen LogP contribution in [0.15, 0.2) is 36.4 Å². The van der Waals surface area contributed by atoms with E-state index in [1.165, 1.54) is 12.1 Å². The van der Waals surface area contributed by atoms with E-state index >= 15 is 0 Å². The molecule has 0 saturated carbocycles. The predicted molar refractivity (Wildman–Crippen MR) is 78.1 cm³/mol. The van der Waals surface area contributed by atoms with E-state index in [4.69, 9.17) is 11.6 Å². The second kappa shape index (κ2) is 6.33. The highest BCUT2D eigenvalue weighted by Gasteiger charge is 2.20. The van der Waals surface area contributed by atoms with Gasteiger partial charge in [-0.1, -0.05) is 36.7 Å². The molecule has 1 nitrogen and oxygen atoms in total. The fourth-order valence-electron chi connectivity index (χ4n) is 2.18. The molecule has 4 heteroatoms. The maximum atomic E-state index is 14.2. The highest BCUT2D eigenvalue weighted by molar-refractivity contribution is 6.31. The van der Waals surface area contributed by atoms with Crippen LogP contribution in [0.4, 0.5) is 8.78 Å². The summed E-state index contributed by atoms with van der Waals surface area (Å²) in [7, 11) is 0. The van der Waals surface area contributed by atoms with Gasteiger partial charge in [-0.3, -0.25) is 0 Å². The molecule has 2 rings (SSSR count). The molecule has 0 aliphatic rings. The Balaban J connectivity index is 2.54. The van der Waals surface area contributed by atoms with Gasteiger partial charge in [-0.05, 0) is 42.8 Å². The van der Waals surface area contributed by atoms with Crippen LogP contribution in [0.1, 0.15) is 29.7 Å². The Hall–Kier alpha value is -1.45. The molecule has 0 amide bonds. The number of aryl methyl sites for hydroxylation is 1. The van der Waals surface area contributed by atoms with Gasteiger partial charge in [-0.25, -0.2) is 8.78 Å². The lowest BCUT2D eigenvalue weighted by Crippen LogP contribution is -2.23. The van der Waals surface area contributed by atoms with Crippen LogP contribution in [0.3, 0.4) is 0 Å². The fraction of sp³-hybridized carbons (Fsp3) is 0.250. The quantitative estimate of drug-likeness (QED) is 0.867. The zero-order valence-electron chi connectivity index (χ0n) is 11.4. The van der Waals surface area contributed by atoms with Gasteiger partial charge in [0.05, 0.1) is 6.04 Å². The van der Waals surface area contributed by atoms with Crippen molar-refractivity contribution in [1.82, 2.24) is 5.32 Å². The van der Waals surface area contributed by atoms with E-state index < -0.39 is 17.7 Å². The molecular weight excluding hydrogens is 280 g/mol. The molecule has 106 valence electrons. The summed E-state index contributed by atoms with van der Waals surface area (Å²) in [4.78, 5) is 0. The van der Waals surface area contributed by atoms with Crippen LogP contribution in [-0.4, -0.2) is 6.54 Å². The Bertz CT molecular complexity index is 613. The van der Waals surface area contributed by atoms with Gasteiger partial charge in [0.2, 0.25) is 0 Å². The van der Waals surface area contributed by atoms with Crippen LogP contribution >= 0.6 is 11.6 Å². The molecule has 0 saturated heterocycles. The van der Waals surface area contributed by atoms with E-state index in [1.807, 2.05) is 19.1 Å². The Labute approximate surface area is 122 Å². The molecule has 0 spiro atoms. The van der Waals surface area contributed by atoms with E-state index in [-0.39, 0.29) is 5.56 Å². The van der Waals surface area contributed by atoms with Crippen molar-refractivity contribution in [1.29, 1.82) is 0 Å². The molecule has 1 N–H and O–H groups in total. The van der Waals surface area contributed by atoms with Gasteiger partial charge in [-0.15, -0.1) is 0 Å². The average molecular weight is 296 g/mol. The summed E-state index contributed by atoms with van der Waals surface area (Å²) in [6.07, 6.45) is 0. The van der Waals surface area contributed by atoms with Crippen LogP contribution in [0, 0.1) is 18.6 Å². The molecule has 0 bridgehead atoms. The molecule has 2 aromatic carbocycles. The number of rotatable bonds is 4. The van der Waals surface area contributed by atoms with Gasteiger partial charge in [-0.2, -0.15) is 0 Å². The van der Waals surface area contributed by atoms with Crippen LogP contribution in [0.5, 0.6) is 0 Å². The lowest BCUT2D eigenvalue weighted by molar-refractivity contribution is 0.541. The van der Waals surface area contributed by atoms with Crippen molar-refractivity contribution in [3.63, 3.8) is 0 Å². The van der Waals surface area contributed by atoms with Gasteiger partial charge in [0.1, 0.15) is 11.6 Å². The fourth-order valence-corrected chi connectivity index (χ4v) is 2.43. The SMILES string of the molecule is CCNC(c1cc(F)c(C)cc1F)c1ccccc1Cl. The van der Waals surface area contributed by atoms with Crippen LogP contribution in [0.25, 0.3) is 0 Å².